The first-order valence-electron chi connectivity index (χ1n) is 8.82. The summed E-state index contributed by atoms with van der Waals surface area (Å²) in [5.74, 6) is 0. The second kappa shape index (κ2) is 6.94. The van der Waals surface area contributed by atoms with Crippen LogP contribution in [0.5, 0.6) is 0 Å². The van der Waals surface area contributed by atoms with E-state index in [9.17, 15) is 9.59 Å². The van der Waals surface area contributed by atoms with Gasteiger partial charge in [0, 0.05) is 6.04 Å². The van der Waals surface area contributed by atoms with Crippen molar-refractivity contribution in [3.05, 3.63) is 35.9 Å². The highest BCUT2D eigenvalue weighted by Crippen LogP contribution is 2.38. The molecule has 0 radical (unpaired) electrons. The highest BCUT2D eigenvalue weighted by Gasteiger charge is 2.50. The first-order chi connectivity index (χ1) is 11.8. The van der Waals surface area contributed by atoms with Crippen LogP contribution in [0.2, 0.25) is 0 Å². The zero-order valence-corrected chi connectivity index (χ0v) is 15.0. The largest absolute Gasteiger partial charge is 0.445 e. The van der Waals surface area contributed by atoms with E-state index >= 15 is 0 Å². The van der Waals surface area contributed by atoms with Gasteiger partial charge in [0.2, 0.25) is 0 Å². The van der Waals surface area contributed by atoms with E-state index in [-0.39, 0.29) is 30.8 Å². The van der Waals surface area contributed by atoms with Crippen LogP contribution in [-0.4, -0.2) is 40.8 Å². The Hall–Kier alpha value is -2.24. The molecule has 3 atom stereocenters. The van der Waals surface area contributed by atoms with E-state index in [0.29, 0.717) is 0 Å². The SMILES string of the molecule is CC(C)(C)OC(=O)N1[C@H]2CC[C@@H]1[C@@H](NC(=O)OCc1ccccc1)C2. The number of alkyl carbamates (subject to hydrolysis) is 1. The molecular weight excluding hydrogens is 320 g/mol. The summed E-state index contributed by atoms with van der Waals surface area (Å²) in [4.78, 5) is 26.3. The van der Waals surface area contributed by atoms with Crippen LogP contribution in [0.15, 0.2) is 30.3 Å². The van der Waals surface area contributed by atoms with E-state index in [1.54, 1.807) is 4.90 Å². The molecule has 3 rings (SSSR count). The van der Waals surface area contributed by atoms with Crippen molar-refractivity contribution in [2.45, 2.75) is 70.4 Å². The molecule has 1 aromatic carbocycles. The van der Waals surface area contributed by atoms with Gasteiger partial charge in [-0.15, -0.1) is 0 Å². The van der Waals surface area contributed by atoms with Gasteiger partial charge in [-0.25, -0.2) is 9.59 Å². The second-order valence-corrected chi connectivity index (χ2v) is 7.73. The summed E-state index contributed by atoms with van der Waals surface area (Å²) in [5, 5.41) is 2.92. The third-order valence-electron chi connectivity index (χ3n) is 4.66. The average Bonchev–Trinajstić information content (AvgIpc) is 3.10. The van der Waals surface area contributed by atoms with Crippen LogP contribution in [0.3, 0.4) is 0 Å². The number of hydrogen-bond donors (Lipinski definition) is 1. The molecule has 2 saturated heterocycles. The fourth-order valence-electron chi connectivity index (χ4n) is 3.66. The summed E-state index contributed by atoms with van der Waals surface area (Å²) in [6.45, 7) is 5.82. The summed E-state index contributed by atoms with van der Waals surface area (Å²) < 4.78 is 10.8. The molecule has 0 saturated carbocycles. The van der Waals surface area contributed by atoms with Gasteiger partial charge in [0.05, 0.1) is 12.1 Å². The molecule has 1 N–H and O–H groups in total. The summed E-state index contributed by atoms with van der Waals surface area (Å²) in [6.07, 6.45) is 1.87. The Kier molecular flexibility index (Phi) is 4.88. The third-order valence-corrected chi connectivity index (χ3v) is 4.66. The topological polar surface area (TPSA) is 67.9 Å². The van der Waals surface area contributed by atoms with E-state index in [0.717, 1.165) is 24.8 Å². The molecule has 1 aromatic rings. The number of fused-ring (bicyclic) bond motifs is 2. The van der Waals surface area contributed by atoms with Crippen LogP contribution in [0.4, 0.5) is 9.59 Å². The Bertz CT molecular complexity index is 626. The molecule has 2 heterocycles. The van der Waals surface area contributed by atoms with Crippen LogP contribution in [0.25, 0.3) is 0 Å². The van der Waals surface area contributed by atoms with E-state index in [2.05, 4.69) is 5.32 Å². The smallest absolute Gasteiger partial charge is 0.410 e. The highest BCUT2D eigenvalue weighted by molar-refractivity contribution is 5.71. The normalized spacial score (nSPS) is 24.9. The van der Waals surface area contributed by atoms with Crippen molar-refractivity contribution in [2.75, 3.05) is 0 Å². The van der Waals surface area contributed by atoms with Crippen molar-refractivity contribution in [3.63, 3.8) is 0 Å². The fraction of sp³-hybridized carbons (Fsp3) is 0.579. The molecule has 2 aliphatic rings. The molecule has 2 aliphatic heterocycles. The zero-order chi connectivity index (χ0) is 18.0. The summed E-state index contributed by atoms with van der Waals surface area (Å²) in [6, 6.07) is 9.61. The predicted molar refractivity (Wildman–Crippen MR) is 93.1 cm³/mol. The van der Waals surface area contributed by atoms with Crippen molar-refractivity contribution in [1.82, 2.24) is 10.2 Å². The van der Waals surface area contributed by atoms with E-state index < -0.39 is 11.7 Å². The van der Waals surface area contributed by atoms with Crippen molar-refractivity contribution in [3.8, 4) is 0 Å². The Balaban J connectivity index is 1.52. The molecule has 25 heavy (non-hydrogen) atoms. The first kappa shape index (κ1) is 17.6. The first-order valence-corrected chi connectivity index (χ1v) is 8.82. The van der Waals surface area contributed by atoms with Gasteiger partial charge >= 0.3 is 12.2 Å². The minimum atomic E-state index is -0.517. The van der Waals surface area contributed by atoms with E-state index in [1.165, 1.54) is 0 Å². The van der Waals surface area contributed by atoms with E-state index in [4.69, 9.17) is 9.47 Å². The predicted octanol–water partition coefficient (Wildman–Crippen LogP) is 3.45. The Morgan fingerprint density at radius 1 is 1.20 bits per heavy atom. The van der Waals surface area contributed by atoms with Gasteiger partial charge in [0.1, 0.15) is 12.2 Å². The molecule has 2 fully saturated rings. The molecule has 2 amide bonds. The number of ether oxygens (including phenoxy) is 2. The number of nitrogens with one attached hydrogen (secondary N) is 1. The van der Waals surface area contributed by atoms with Gasteiger partial charge < -0.3 is 19.7 Å². The van der Waals surface area contributed by atoms with Crippen LogP contribution < -0.4 is 5.32 Å². The van der Waals surface area contributed by atoms with Gasteiger partial charge in [0.15, 0.2) is 0 Å². The van der Waals surface area contributed by atoms with Gasteiger partial charge in [0.25, 0.3) is 0 Å². The molecule has 0 unspecified atom stereocenters. The van der Waals surface area contributed by atoms with Crippen molar-refractivity contribution in [2.24, 2.45) is 0 Å². The van der Waals surface area contributed by atoms with Gasteiger partial charge in [-0.3, -0.25) is 0 Å². The molecule has 0 aliphatic carbocycles. The third kappa shape index (κ3) is 4.24. The number of rotatable bonds is 3. The fourth-order valence-corrected chi connectivity index (χ4v) is 3.66. The Morgan fingerprint density at radius 3 is 2.60 bits per heavy atom. The van der Waals surface area contributed by atoms with Crippen molar-refractivity contribution in [1.29, 1.82) is 0 Å². The molecule has 6 nitrogen and oxygen atoms in total. The molecule has 2 bridgehead atoms. The monoisotopic (exact) mass is 346 g/mol. The summed E-state index contributed by atoms with van der Waals surface area (Å²) >= 11 is 0. The Morgan fingerprint density at radius 2 is 1.92 bits per heavy atom. The average molecular weight is 346 g/mol. The van der Waals surface area contributed by atoms with Crippen LogP contribution in [0, 0.1) is 0 Å². The van der Waals surface area contributed by atoms with Crippen LogP contribution in [0.1, 0.15) is 45.6 Å². The van der Waals surface area contributed by atoms with Crippen molar-refractivity contribution >= 4 is 12.2 Å². The van der Waals surface area contributed by atoms with Gasteiger partial charge in [-0.2, -0.15) is 0 Å². The van der Waals surface area contributed by atoms with E-state index in [1.807, 2.05) is 51.1 Å². The van der Waals surface area contributed by atoms with Crippen molar-refractivity contribution < 1.29 is 19.1 Å². The lowest BCUT2D eigenvalue weighted by atomic mass is 9.96. The molecule has 0 aromatic heterocycles. The number of carbonyl (C=O) groups is 2. The Labute approximate surface area is 148 Å². The molecule has 136 valence electrons. The molecule has 6 heteroatoms. The number of nitrogens with zero attached hydrogens (tertiary/aromatic N) is 1. The molecular formula is C19H26N2O4. The standard InChI is InChI=1S/C19H26N2O4/c1-19(2,3)25-18(23)21-14-9-10-16(21)15(11-14)20-17(22)24-12-13-7-5-4-6-8-13/h4-8,14-16H,9-12H2,1-3H3,(H,20,22)/t14-,15-,16+/m0/s1. The number of hydrogen-bond acceptors (Lipinski definition) is 4. The van der Waals surface area contributed by atoms with Crippen LogP contribution >= 0.6 is 0 Å². The maximum Gasteiger partial charge on any atom is 0.410 e. The van der Waals surface area contributed by atoms with Gasteiger partial charge in [-0.05, 0) is 45.6 Å². The number of carbonyl (C=O) groups excluding carboxylic acids is 2. The quantitative estimate of drug-likeness (QED) is 0.910. The number of amides is 2. The summed E-state index contributed by atoms with van der Waals surface area (Å²) in [5.41, 5.74) is 0.428. The molecule has 0 spiro atoms. The lowest BCUT2D eigenvalue weighted by molar-refractivity contribution is 0.0209. The summed E-state index contributed by atoms with van der Waals surface area (Å²) in [7, 11) is 0. The minimum absolute atomic E-state index is 0.0101. The maximum absolute atomic E-state index is 12.4. The van der Waals surface area contributed by atoms with Crippen LogP contribution in [-0.2, 0) is 16.1 Å². The highest BCUT2D eigenvalue weighted by atomic mass is 16.6. The lowest BCUT2D eigenvalue weighted by Gasteiger charge is -2.28. The van der Waals surface area contributed by atoms with Gasteiger partial charge in [-0.1, -0.05) is 30.3 Å². The zero-order valence-electron chi connectivity index (χ0n) is 15.0. The second-order valence-electron chi connectivity index (χ2n) is 7.73. The lowest BCUT2D eigenvalue weighted by Crippen LogP contribution is -2.46. The minimum Gasteiger partial charge on any atom is -0.445 e. The maximum atomic E-state index is 12.4. The number of benzene rings is 1.